The van der Waals surface area contributed by atoms with Crippen LogP contribution in [0.4, 0.5) is 11.6 Å². The van der Waals surface area contributed by atoms with E-state index in [1.54, 1.807) is 4.57 Å². The summed E-state index contributed by atoms with van der Waals surface area (Å²) in [6.45, 7) is -9.57. The van der Waals surface area contributed by atoms with Crippen LogP contribution in [0.1, 0.15) is 12.5 Å². The molecule has 0 amide bonds. The molecule has 4 aromatic heterocycles. The Labute approximate surface area is 262 Å². The van der Waals surface area contributed by atoms with Gasteiger partial charge in [0.05, 0.1) is 32.5 Å². The van der Waals surface area contributed by atoms with Gasteiger partial charge in [-0.25, -0.2) is 39.0 Å². The third-order valence-corrected chi connectivity index (χ3v) is 11.2. The molecule has 0 unspecified atom stereocenters. The molecule has 4 bridgehead atoms. The average Bonchev–Trinajstić information content (AvgIpc) is 3.80. The van der Waals surface area contributed by atoms with Gasteiger partial charge in [0.25, 0.3) is 0 Å². The smallest absolute Gasteiger partial charge is 0.386 e. The molecular formula is C21H24N10O10P2S2. The first-order valence-electron chi connectivity index (χ1n) is 13.3. The zero-order chi connectivity index (χ0) is 31.3. The summed E-state index contributed by atoms with van der Waals surface area (Å²) < 4.78 is 71.9. The summed E-state index contributed by atoms with van der Waals surface area (Å²) >= 11 is 8.38. The summed E-state index contributed by atoms with van der Waals surface area (Å²) in [5.74, 6) is 0.259. The lowest BCUT2D eigenvalue weighted by molar-refractivity contribution is -0.182. The van der Waals surface area contributed by atoms with Crippen LogP contribution in [0, 0.1) is 0 Å². The van der Waals surface area contributed by atoms with Gasteiger partial charge in [-0.3, -0.25) is 27.2 Å². The van der Waals surface area contributed by atoms with Crippen molar-refractivity contribution in [2.45, 2.75) is 48.6 Å². The van der Waals surface area contributed by atoms with Gasteiger partial charge in [0.2, 0.25) is 0 Å². The number of ether oxygens (including phenoxy) is 3. The van der Waals surface area contributed by atoms with Crippen molar-refractivity contribution in [3.63, 3.8) is 0 Å². The van der Waals surface area contributed by atoms with E-state index < -0.39 is 75.4 Å². The molecule has 20 nitrogen and oxygen atoms in total. The topological polar surface area (TPSA) is 258 Å². The van der Waals surface area contributed by atoms with Crippen LogP contribution < -0.4 is 11.5 Å². The predicted molar refractivity (Wildman–Crippen MR) is 157 cm³/mol. The lowest BCUT2D eigenvalue weighted by atomic mass is 10.0. The fraction of sp³-hybridized carbons (Fsp3) is 0.524. The Morgan fingerprint density at radius 2 is 1.47 bits per heavy atom. The zero-order valence-corrected chi connectivity index (χ0v) is 26.2. The first-order valence-corrected chi connectivity index (χ1v) is 18.6. The molecule has 0 radical (unpaired) electrons. The fourth-order valence-electron chi connectivity index (χ4n) is 5.90. The number of thiol groups is 2. The Morgan fingerprint density at radius 1 is 0.844 bits per heavy atom. The van der Waals surface area contributed by atoms with Crippen LogP contribution >= 0.6 is 38.1 Å². The highest BCUT2D eigenvalue weighted by Gasteiger charge is 2.66. The molecule has 0 aliphatic carbocycles. The minimum Gasteiger partial charge on any atom is -0.387 e. The van der Waals surface area contributed by atoms with E-state index in [9.17, 15) is 14.2 Å². The van der Waals surface area contributed by atoms with Gasteiger partial charge < -0.3 is 30.8 Å². The molecule has 4 aromatic rings. The van der Waals surface area contributed by atoms with E-state index in [2.05, 4.69) is 54.4 Å². The molecule has 8 rings (SSSR count). The Balaban J connectivity index is 1.14. The summed E-state index contributed by atoms with van der Waals surface area (Å²) in [5.41, 5.74) is 11.6. The number of nitrogen functional groups attached to an aromatic ring is 2. The molecule has 8 heterocycles. The molecule has 4 fully saturated rings. The van der Waals surface area contributed by atoms with Crippen LogP contribution in [0.25, 0.3) is 22.3 Å². The summed E-state index contributed by atoms with van der Waals surface area (Å²) in [6, 6.07) is 0. The monoisotopic (exact) mass is 702 g/mol. The first kappa shape index (κ1) is 29.9. The van der Waals surface area contributed by atoms with E-state index in [4.69, 9.17) is 43.8 Å². The van der Waals surface area contributed by atoms with Gasteiger partial charge in [0, 0.05) is 0 Å². The number of imidazole rings is 2. The van der Waals surface area contributed by atoms with Gasteiger partial charge in [-0.1, -0.05) is 24.5 Å². The maximum atomic E-state index is 13.7. The highest BCUT2D eigenvalue weighted by atomic mass is 32.7. The van der Waals surface area contributed by atoms with Crippen molar-refractivity contribution < 1.29 is 46.5 Å². The molecule has 5 N–H and O–H groups in total. The largest absolute Gasteiger partial charge is 0.387 e. The number of hydrogen-bond acceptors (Lipinski definition) is 18. The number of aromatic nitrogens is 8. The highest BCUT2D eigenvalue weighted by Crippen LogP contribution is 2.63. The number of aliphatic hydroxyl groups is 1. The molecule has 4 saturated heterocycles. The molecule has 0 aromatic carbocycles. The van der Waals surface area contributed by atoms with E-state index in [1.165, 1.54) is 29.9 Å². The van der Waals surface area contributed by atoms with Gasteiger partial charge in [-0.2, -0.15) is 0 Å². The first-order chi connectivity index (χ1) is 21.5. The molecule has 0 spiro atoms. The van der Waals surface area contributed by atoms with E-state index in [-0.39, 0.29) is 29.4 Å². The van der Waals surface area contributed by atoms with E-state index in [0.717, 1.165) is 0 Å². The normalized spacial score (nSPS) is 40.3. The molecule has 24 heteroatoms. The van der Waals surface area contributed by atoms with Crippen LogP contribution in [0.15, 0.2) is 25.3 Å². The number of rotatable bonds is 2. The third kappa shape index (κ3) is 4.86. The maximum absolute atomic E-state index is 13.7. The van der Waals surface area contributed by atoms with Crippen molar-refractivity contribution in [2.24, 2.45) is 0 Å². The lowest BCUT2D eigenvalue weighted by Gasteiger charge is -2.32. The summed E-state index contributed by atoms with van der Waals surface area (Å²) in [6.07, 6.45) is -2.87. The number of aliphatic hydroxyl groups excluding tert-OH is 1. The second-order valence-corrected chi connectivity index (χ2v) is 16.4. The summed E-state index contributed by atoms with van der Waals surface area (Å²) in [5, 5.41) is 11.2. The number of anilines is 2. The van der Waals surface area contributed by atoms with Gasteiger partial charge in [0.15, 0.2) is 35.4 Å². The minimum absolute atomic E-state index is 0.105. The van der Waals surface area contributed by atoms with Crippen LogP contribution in [-0.4, -0.2) is 100 Å². The zero-order valence-electron chi connectivity index (χ0n) is 22.6. The Morgan fingerprint density at radius 3 is 2.13 bits per heavy atom. The SMILES string of the molecule is Nc1ncnc2c1ncn2[C@@H]1O[C@@H]2CO[P@@](=O)(S)O[C@H]3[C@H]4OC[C@]3(CO[P@@](=O)(S)O[C@@H]1[C@@H]2O)O[C@H]4n1cnc2c(N)ncnc21. The third-order valence-electron chi connectivity index (χ3n) is 7.98. The predicted octanol–water partition coefficient (Wildman–Crippen LogP) is 0.648. The van der Waals surface area contributed by atoms with Crippen molar-refractivity contribution in [2.75, 3.05) is 31.3 Å². The summed E-state index contributed by atoms with van der Waals surface area (Å²) in [4.78, 5) is 24.8. The maximum Gasteiger partial charge on any atom is 0.386 e. The van der Waals surface area contributed by atoms with Crippen molar-refractivity contribution >= 4 is 72.1 Å². The standard InChI is InChI=1S/C21H24N10O10P2S2/c22-15-9-17(26-4-24-15)30(6-28-9)19-12-11(32)8(38-19)1-36-42(33,44)41-14-13-20(31-7-29-10-16(23)25-5-27-18(10)31)39-21(14,2-35-13)3-37-43(34,45)40-12/h4-8,11-14,19-20,32H,1-3H2,(H,33,44)(H,34,45)(H2,22,24,26)(H2,23,25,27)/t8-,11-,12-,13-,14+,19-,20-,21-,42-,43-/m1/s1. The van der Waals surface area contributed by atoms with E-state index in [0.29, 0.717) is 11.2 Å². The molecular weight excluding hydrogens is 678 g/mol. The second-order valence-electron chi connectivity index (χ2n) is 10.7. The molecule has 240 valence electrons. The quantitative estimate of drug-likeness (QED) is 0.142. The highest BCUT2D eigenvalue weighted by molar-refractivity contribution is 8.44. The molecule has 45 heavy (non-hydrogen) atoms. The van der Waals surface area contributed by atoms with Crippen LogP contribution in [0.3, 0.4) is 0 Å². The Bertz CT molecular complexity index is 1920. The molecule has 4 aliphatic heterocycles. The number of fused-ring (bicyclic) bond motifs is 4. The van der Waals surface area contributed by atoms with Crippen molar-refractivity contribution in [1.82, 2.24) is 39.0 Å². The molecule has 10 atom stereocenters. The molecule has 4 aliphatic rings. The molecule has 0 saturated carbocycles. The fourth-order valence-corrected chi connectivity index (χ4v) is 8.88. The van der Waals surface area contributed by atoms with E-state index in [1.807, 2.05) is 0 Å². The van der Waals surface area contributed by atoms with E-state index >= 15 is 0 Å². The van der Waals surface area contributed by atoms with Crippen molar-refractivity contribution in [1.29, 1.82) is 0 Å². The lowest BCUT2D eigenvalue weighted by Crippen LogP contribution is -2.45. The van der Waals surface area contributed by atoms with Crippen LogP contribution in [-0.2, 0) is 41.4 Å². The van der Waals surface area contributed by atoms with Gasteiger partial charge in [-0.05, 0) is 0 Å². The van der Waals surface area contributed by atoms with Gasteiger partial charge in [0.1, 0.15) is 59.8 Å². The Kier molecular flexibility index (Phi) is 7.00. The van der Waals surface area contributed by atoms with Gasteiger partial charge in [-0.15, -0.1) is 0 Å². The summed E-state index contributed by atoms with van der Waals surface area (Å²) in [7, 11) is 0. The minimum atomic E-state index is -4.30. The number of nitrogens with zero attached hydrogens (tertiary/aromatic N) is 8. The second kappa shape index (κ2) is 10.5. The Hall–Kier alpha value is -2.46. The number of nitrogens with two attached hydrogens (primary N) is 2. The van der Waals surface area contributed by atoms with Crippen LogP contribution in [0.2, 0.25) is 0 Å². The van der Waals surface area contributed by atoms with Gasteiger partial charge >= 0.3 is 13.6 Å². The average molecular weight is 703 g/mol. The van der Waals surface area contributed by atoms with Crippen molar-refractivity contribution in [3.8, 4) is 0 Å². The van der Waals surface area contributed by atoms with Crippen molar-refractivity contribution in [3.05, 3.63) is 25.3 Å². The van der Waals surface area contributed by atoms with Crippen LogP contribution in [0.5, 0.6) is 0 Å². The number of hydrogen-bond donors (Lipinski definition) is 5.